The Labute approximate surface area is 192 Å². The van der Waals surface area contributed by atoms with Gasteiger partial charge < -0.3 is 19.3 Å². The van der Waals surface area contributed by atoms with Crippen LogP contribution in [0.3, 0.4) is 0 Å². The van der Waals surface area contributed by atoms with Gasteiger partial charge in [0.25, 0.3) is 0 Å². The van der Waals surface area contributed by atoms with Crippen molar-refractivity contribution in [1.82, 2.24) is 24.2 Å². The summed E-state index contributed by atoms with van der Waals surface area (Å²) in [5, 5.41) is 14.1. The van der Waals surface area contributed by atoms with Crippen molar-refractivity contribution in [2.45, 2.75) is 45.3 Å². The number of benzene rings is 1. The maximum Gasteiger partial charge on any atom is 0.412 e. The van der Waals surface area contributed by atoms with Gasteiger partial charge in [-0.3, -0.25) is 9.58 Å². The van der Waals surface area contributed by atoms with E-state index >= 15 is 0 Å². The molecule has 0 bridgehead atoms. The molecule has 6 rings (SSSR count). The molecule has 33 heavy (non-hydrogen) atoms. The first kappa shape index (κ1) is 20.7. The van der Waals surface area contributed by atoms with Crippen molar-refractivity contribution in [3.05, 3.63) is 42.0 Å². The first-order chi connectivity index (χ1) is 16.0. The van der Waals surface area contributed by atoms with E-state index in [9.17, 15) is 9.90 Å². The van der Waals surface area contributed by atoms with Crippen LogP contribution in [0.5, 0.6) is 0 Å². The second-order valence-corrected chi connectivity index (χ2v) is 9.87. The van der Waals surface area contributed by atoms with E-state index < -0.39 is 6.09 Å². The molecule has 2 saturated heterocycles. The van der Waals surface area contributed by atoms with Gasteiger partial charge >= 0.3 is 6.09 Å². The van der Waals surface area contributed by atoms with Gasteiger partial charge in [0.1, 0.15) is 5.82 Å². The van der Waals surface area contributed by atoms with E-state index in [0.717, 1.165) is 93.3 Å². The Kier molecular flexibility index (Phi) is 4.92. The lowest BCUT2D eigenvalue weighted by atomic mass is 9.78. The summed E-state index contributed by atoms with van der Waals surface area (Å²) in [6, 6.07) is 5.94. The van der Waals surface area contributed by atoms with Gasteiger partial charge in [-0.2, -0.15) is 5.10 Å². The summed E-state index contributed by atoms with van der Waals surface area (Å²) in [6.45, 7) is 8.63. The Morgan fingerprint density at radius 3 is 2.79 bits per heavy atom. The Balaban J connectivity index is 1.32. The molecule has 5 heterocycles. The van der Waals surface area contributed by atoms with Crippen LogP contribution in [-0.2, 0) is 30.7 Å². The van der Waals surface area contributed by atoms with E-state index in [1.54, 1.807) is 6.20 Å². The molecule has 3 aromatic rings. The molecule has 174 valence electrons. The predicted octanol–water partition coefficient (Wildman–Crippen LogP) is 2.63. The minimum Gasteiger partial charge on any atom is -0.465 e. The van der Waals surface area contributed by atoms with Crippen LogP contribution in [0, 0.1) is 5.41 Å². The molecular weight excluding hydrogens is 420 g/mol. The Morgan fingerprint density at radius 1 is 1.24 bits per heavy atom. The van der Waals surface area contributed by atoms with Crippen molar-refractivity contribution in [1.29, 1.82) is 0 Å². The van der Waals surface area contributed by atoms with E-state index in [-0.39, 0.29) is 6.04 Å². The number of imidazole rings is 1. The standard InChI is InChI=1S/C24H30N6O3/c1-17-3-4-18-19(30(17)23(31)32)5-6-20-22(18)26-21(7-10-28-9-2-8-25-28)29(20)12-11-27-13-24(14-27)15-33-16-24/h2,5-6,8-9,17H,3-4,7,10-16H2,1H3,(H,31,32)/t17-/m0/s1. The van der Waals surface area contributed by atoms with Crippen molar-refractivity contribution >= 4 is 22.8 Å². The molecule has 2 aromatic heterocycles. The maximum atomic E-state index is 11.9. The fourth-order valence-electron chi connectivity index (χ4n) is 5.73. The molecule has 0 saturated carbocycles. The van der Waals surface area contributed by atoms with E-state index in [0.29, 0.717) is 5.41 Å². The monoisotopic (exact) mass is 450 g/mol. The Morgan fingerprint density at radius 2 is 2.09 bits per heavy atom. The van der Waals surface area contributed by atoms with E-state index in [4.69, 9.17) is 9.72 Å². The number of amides is 1. The number of carbonyl (C=O) groups is 1. The van der Waals surface area contributed by atoms with Crippen LogP contribution in [0.2, 0.25) is 0 Å². The van der Waals surface area contributed by atoms with Crippen LogP contribution in [-0.4, -0.2) is 74.3 Å². The van der Waals surface area contributed by atoms with Crippen molar-refractivity contribution in [2.24, 2.45) is 5.41 Å². The molecule has 1 aromatic carbocycles. The first-order valence-corrected chi connectivity index (χ1v) is 11.8. The molecule has 1 N–H and O–H groups in total. The van der Waals surface area contributed by atoms with Crippen molar-refractivity contribution in [2.75, 3.05) is 37.7 Å². The summed E-state index contributed by atoms with van der Waals surface area (Å²) in [6.07, 6.45) is 5.31. The maximum absolute atomic E-state index is 11.9. The van der Waals surface area contributed by atoms with Gasteiger partial charge in [-0.15, -0.1) is 0 Å². The van der Waals surface area contributed by atoms with Crippen molar-refractivity contribution in [3.63, 3.8) is 0 Å². The van der Waals surface area contributed by atoms with Crippen LogP contribution in [0.15, 0.2) is 30.6 Å². The summed E-state index contributed by atoms with van der Waals surface area (Å²) in [4.78, 5) is 21.0. The smallest absolute Gasteiger partial charge is 0.412 e. The number of anilines is 1. The lowest BCUT2D eigenvalue weighted by Crippen LogP contribution is -2.66. The Bertz CT molecular complexity index is 1170. The van der Waals surface area contributed by atoms with Crippen LogP contribution >= 0.6 is 0 Å². The van der Waals surface area contributed by atoms with Gasteiger partial charge in [0, 0.05) is 68.6 Å². The number of ether oxygens (including phenoxy) is 1. The van der Waals surface area contributed by atoms with Crippen LogP contribution < -0.4 is 4.90 Å². The second kappa shape index (κ2) is 7.85. The molecule has 1 amide bonds. The normalized spacial score (nSPS) is 21.7. The summed E-state index contributed by atoms with van der Waals surface area (Å²) in [7, 11) is 0. The van der Waals surface area contributed by atoms with Gasteiger partial charge in [0.15, 0.2) is 0 Å². The van der Waals surface area contributed by atoms with E-state index in [1.165, 1.54) is 4.90 Å². The van der Waals surface area contributed by atoms with Crippen molar-refractivity contribution in [3.8, 4) is 0 Å². The largest absolute Gasteiger partial charge is 0.465 e. The predicted molar refractivity (Wildman–Crippen MR) is 124 cm³/mol. The Hall–Kier alpha value is -2.91. The topological polar surface area (TPSA) is 88.7 Å². The number of carboxylic acid groups (broad SMARTS) is 1. The van der Waals surface area contributed by atoms with E-state index in [2.05, 4.69) is 20.6 Å². The van der Waals surface area contributed by atoms with Crippen molar-refractivity contribution < 1.29 is 14.6 Å². The molecule has 0 radical (unpaired) electrons. The lowest BCUT2D eigenvalue weighted by molar-refractivity contribution is -0.189. The second-order valence-electron chi connectivity index (χ2n) is 9.87. The molecule has 1 spiro atoms. The minimum atomic E-state index is -0.896. The summed E-state index contributed by atoms with van der Waals surface area (Å²) >= 11 is 0. The SMILES string of the molecule is C[C@H]1CCc2c(ccc3c2nc(CCn2cccn2)n3CCN2CC3(COC3)C2)N1C(=O)O. The average molecular weight is 451 g/mol. The zero-order chi connectivity index (χ0) is 22.6. The highest BCUT2D eigenvalue weighted by Crippen LogP contribution is 2.38. The van der Waals surface area contributed by atoms with Gasteiger partial charge in [-0.1, -0.05) is 0 Å². The number of hydrogen-bond donors (Lipinski definition) is 1. The first-order valence-electron chi connectivity index (χ1n) is 11.8. The van der Waals surface area contributed by atoms with Gasteiger partial charge in [0.05, 0.1) is 29.9 Å². The number of aryl methyl sites for hydroxylation is 3. The zero-order valence-corrected chi connectivity index (χ0v) is 19.0. The molecule has 3 aliphatic rings. The number of hydrogen-bond acceptors (Lipinski definition) is 5. The van der Waals surface area contributed by atoms with Gasteiger partial charge in [-0.25, -0.2) is 9.78 Å². The number of likely N-dealkylation sites (tertiary alicyclic amines) is 1. The fraction of sp³-hybridized carbons (Fsp3) is 0.542. The molecule has 0 aliphatic carbocycles. The molecule has 1 atom stereocenters. The molecule has 9 nitrogen and oxygen atoms in total. The van der Waals surface area contributed by atoms with Gasteiger partial charge in [0.2, 0.25) is 0 Å². The third kappa shape index (κ3) is 3.50. The highest BCUT2D eigenvalue weighted by Gasteiger charge is 2.48. The lowest BCUT2D eigenvalue weighted by Gasteiger charge is -2.55. The zero-order valence-electron chi connectivity index (χ0n) is 19.0. The van der Waals surface area contributed by atoms with Gasteiger partial charge in [-0.05, 0) is 38.0 Å². The summed E-state index contributed by atoms with van der Waals surface area (Å²) in [5.74, 6) is 1.04. The van der Waals surface area contributed by atoms with E-state index in [1.807, 2.05) is 29.9 Å². The summed E-state index contributed by atoms with van der Waals surface area (Å²) < 4.78 is 9.68. The van der Waals surface area contributed by atoms with Crippen LogP contribution in [0.25, 0.3) is 11.0 Å². The highest BCUT2D eigenvalue weighted by molar-refractivity contribution is 5.94. The molecule has 2 fully saturated rings. The molecule has 3 aliphatic heterocycles. The van der Waals surface area contributed by atoms with Crippen LogP contribution in [0.1, 0.15) is 24.7 Å². The summed E-state index contributed by atoms with van der Waals surface area (Å²) in [5.41, 5.74) is 4.31. The fourth-order valence-corrected chi connectivity index (χ4v) is 5.73. The van der Waals surface area contributed by atoms with Crippen LogP contribution in [0.4, 0.5) is 10.5 Å². The number of fused-ring (bicyclic) bond motifs is 3. The molecule has 0 unspecified atom stereocenters. The third-order valence-electron chi connectivity index (χ3n) is 7.50. The number of rotatable bonds is 6. The number of nitrogens with zero attached hydrogens (tertiary/aromatic N) is 6. The quantitative estimate of drug-likeness (QED) is 0.621. The third-order valence-corrected chi connectivity index (χ3v) is 7.50. The molecular formula is C24H30N6O3. The molecule has 9 heteroatoms. The average Bonchev–Trinajstić information content (AvgIpc) is 3.37. The minimum absolute atomic E-state index is 0.0250. The number of aromatic nitrogens is 4. The highest BCUT2D eigenvalue weighted by atomic mass is 16.5.